The van der Waals surface area contributed by atoms with Crippen molar-refractivity contribution in [2.75, 3.05) is 6.54 Å². The van der Waals surface area contributed by atoms with Crippen LogP contribution in [0.2, 0.25) is 0 Å². The highest BCUT2D eigenvalue weighted by Gasteiger charge is 2.26. The minimum Gasteiger partial charge on any atom is -0.508 e. The van der Waals surface area contributed by atoms with E-state index in [0.29, 0.717) is 17.7 Å². The van der Waals surface area contributed by atoms with Crippen LogP contribution >= 0.6 is 0 Å². The summed E-state index contributed by atoms with van der Waals surface area (Å²) in [7, 11) is 0. The molecule has 1 amide bonds. The summed E-state index contributed by atoms with van der Waals surface area (Å²) in [4.78, 5) is 12.9. The minimum absolute atomic E-state index is 0.115. The fourth-order valence-corrected chi connectivity index (χ4v) is 2.24. The van der Waals surface area contributed by atoms with Crippen LogP contribution in [0.15, 0.2) is 24.3 Å². The van der Waals surface area contributed by atoms with Crippen molar-refractivity contribution < 1.29 is 18.7 Å². The molecule has 0 fully saturated rings. The number of hydrogen-bond acceptors (Lipinski definition) is 2. The number of nitrogens with zero attached hydrogens (tertiary/aromatic N) is 1. The maximum Gasteiger partial charge on any atom is 0.256 e. The number of carbonyl (C=O) groups excluding carboxylic acids is 1. The van der Waals surface area contributed by atoms with Crippen LogP contribution < -0.4 is 0 Å². The summed E-state index contributed by atoms with van der Waals surface area (Å²) in [6.45, 7) is 1.18. The van der Waals surface area contributed by atoms with Crippen LogP contribution in [0.1, 0.15) is 24.0 Å². The number of phenols is 1. The second-order valence-corrected chi connectivity index (χ2v) is 4.52. The molecular weight excluding hydrogens is 252 g/mol. The van der Waals surface area contributed by atoms with Gasteiger partial charge < -0.3 is 10.0 Å². The molecule has 1 N–H and O–H groups in total. The van der Waals surface area contributed by atoms with E-state index in [1.807, 2.05) is 0 Å². The lowest BCUT2D eigenvalue weighted by atomic mass is 10.00. The molecule has 0 saturated carbocycles. The standard InChI is InChI=1S/C14H15F2NO2/c1-9-7-10(18)5-6-11(9)12-3-2-4-14(19)17(12)8-13(15)16/h3,5-7,13,18H,2,4,8H2,1H3. The molecule has 0 spiro atoms. The van der Waals surface area contributed by atoms with E-state index in [4.69, 9.17) is 0 Å². The molecule has 19 heavy (non-hydrogen) atoms. The summed E-state index contributed by atoms with van der Waals surface area (Å²) in [6, 6.07) is 4.69. The molecule has 102 valence electrons. The third-order valence-corrected chi connectivity index (χ3v) is 3.09. The van der Waals surface area contributed by atoms with E-state index in [-0.39, 0.29) is 18.1 Å². The molecule has 1 aromatic rings. The summed E-state index contributed by atoms with van der Waals surface area (Å²) >= 11 is 0. The van der Waals surface area contributed by atoms with Gasteiger partial charge in [0, 0.05) is 17.7 Å². The molecule has 3 nitrogen and oxygen atoms in total. The number of aryl methyl sites for hydroxylation is 1. The van der Waals surface area contributed by atoms with Crippen LogP contribution in [0.25, 0.3) is 5.70 Å². The zero-order valence-corrected chi connectivity index (χ0v) is 10.6. The highest BCUT2D eigenvalue weighted by Crippen LogP contribution is 2.30. The van der Waals surface area contributed by atoms with Crippen LogP contribution in [0, 0.1) is 6.92 Å². The second-order valence-electron chi connectivity index (χ2n) is 4.52. The molecule has 0 bridgehead atoms. The molecule has 1 aliphatic rings. The quantitative estimate of drug-likeness (QED) is 0.914. The van der Waals surface area contributed by atoms with Gasteiger partial charge in [-0.25, -0.2) is 8.78 Å². The zero-order valence-electron chi connectivity index (χ0n) is 10.6. The Morgan fingerprint density at radius 3 is 2.79 bits per heavy atom. The van der Waals surface area contributed by atoms with E-state index in [9.17, 15) is 18.7 Å². The molecule has 5 heteroatoms. The topological polar surface area (TPSA) is 40.5 Å². The van der Waals surface area contributed by atoms with E-state index in [0.717, 1.165) is 10.5 Å². The zero-order chi connectivity index (χ0) is 14.0. The largest absolute Gasteiger partial charge is 0.508 e. The maximum absolute atomic E-state index is 12.6. The first-order valence-electron chi connectivity index (χ1n) is 6.07. The molecule has 0 aliphatic carbocycles. The van der Waals surface area contributed by atoms with Crippen molar-refractivity contribution >= 4 is 11.6 Å². The average Bonchev–Trinajstić information content (AvgIpc) is 2.32. The van der Waals surface area contributed by atoms with E-state index < -0.39 is 13.0 Å². The number of carbonyl (C=O) groups is 1. The Balaban J connectivity index is 2.39. The number of aromatic hydroxyl groups is 1. The number of amides is 1. The number of allylic oxidation sites excluding steroid dienone is 1. The minimum atomic E-state index is -2.57. The van der Waals surface area contributed by atoms with Gasteiger partial charge in [0.25, 0.3) is 6.43 Å². The third-order valence-electron chi connectivity index (χ3n) is 3.09. The summed E-state index contributed by atoms with van der Waals surface area (Å²) in [5.74, 6) is -0.172. The molecule has 0 aromatic heterocycles. The number of benzene rings is 1. The second kappa shape index (κ2) is 5.38. The Morgan fingerprint density at radius 2 is 2.16 bits per heavy atom. The molecule has 2 rings (SSSR count). The van der Waals surface area contributed by atoms with Crippen LogP contribution in [0.3, 0.4) is 0 Å². The summed E-state index contributed by atoms with van der Waals surface area (Å²) in [5.41, 5.74) is 1.96. The Hall–Kier alpha value is -1.91. The maximum atomic E-state index is 12.6. The number of phenolic OH excluding ortho intramolecular Hbond substituents is 1. The molecule has 1 aliphatic heterocycles. The van der Waals surface area contributed by atoms with Crippen molar-refractivity contribution in [1.82, 2.24) is 4.90 Å². The van der Waals surface area contributed by atoms with Crippen molar-refractivity contribution in [1.29, 1.82) is 0 Å². The Morgan fingerprint density at radius 1 is 1.42 bits per heavy atom. The van der Waals surface area contributed by atoms with E-state index in [1.54, 1.807) is 25.1 Å². The lowest BCUT2D eigenvalue weighted by Gasteiger charge is -2.29. The Bertz CT molecular complexity index is 526. The molecular formula is C14H15F2NO2. The van der Waals surface area contributed by atoms with Crippen molar-refractivity contribution in [3.05, 3.63) is 35.4 Å². The lowest BCUT2D eigenvalue weighted by molar-refractivity contribution is -0.129. The van der Waals surface area contributed by atoms with Gasteiger partial charge >= 0.3 is 0 Å². The Kier molecular flexibility index (Phi) is 3.83. The number of halogens is 2. The van der Waals surface area contributed by atoms with E-state index >= 15 is 0 Å². The first-order valence-corrected chi connectivity index (χ1v) is 6.07. The summed E-state index contributed by atoms with van der Waals surface area (Å²) in [5, 5.41) is 9.38. The first-order chi connectivity index (χ1) is 8.99. The van der Waals surface area contributed by atoms with Gasteiger partial charge in [-0.15, -0.1) is 0 Å². The molecule has 0 atom stereocenters. The van der Waals surface area contributed by atoms with Crippen LogP contribution in [0.5, 0.6) is 5.75 Å². The predicted molar refractivity (Wildman–Crippen MR) is 67.8 cm³/mol. The number of alkyl halides is 2. The van der Waals surface area contributed by atoms with E-state index in [2.05, 4.69) is 0 Å². The lowest BCUT2D eigenvalue weighted by Crippen LogP contribution is -2.35. The molecule has 1 heterocycles. The van der Waals surface area contributed by atoms with Crippen molar-refractivity contribution in [3.8, 4) is 5.75 Å². The van der Waals surface area contributed by atoms with Gasteiger partial charge in [-0.05, 0) is 37.1 Å². The van der Waals surface area contributed by atoms with Crippen LogP contribution in [-0.2, 0) is 4.79 Å². The number of rotatable bonds is 3. The highest BCUT2D eigenvalue weighted by molar-refractivity contribution is 5.89. The average molecular weight is 267 g/mol. The number of hydrogen-bond donors (Lipinski definition) is 1. The van der Waals surface area contributed by atoms with Gasteiger partial charge in [-0.1, -0.05) is 6.08 Å². The fourth-order valence-electron chi connectivity index (χ4n) is 2.24. The molecule has 1 aromatic carbocycles. The smallest absolute Gasteiger partial charge is 0.256 e. The molecule has 0 unspecified atom stereocenters. The highest BCUT2D eigenvalue weighted by atomic mass is 19.3. The van der Waals surface area contributed by atoms with Gasteiger partial charge in [0.15, 0.2) is 0 Å². The fraction of sp³-hybridized carbons (Fsp3) is 0.357. The van der Waals surface area contributed by atoms with Crippen molar-refractivity contribution in [2.24, 2.45) is 0 Å². The van der Waals surface area contributed by atoms with Gasteiger partial charge in [0.2, 0.25) is 5.91 Å². The predicted octanol–water partition coefficient (Wildman–Crippen LogP) is 2.93. The molecule has 0 saturated heterocycles. The normalized spacial score (nSPS) is 15.9. The SMILES string of the molecule is Cc1cc(O)ccc1C1=CCCC(=O)N1CC(F)F. The van der Waals surface area contributed by atoms with Crippen molar-refractivity contribution in [2.45, 2.75) is 26.2 Å². The third kappa shape index (κ3) is 2.92. The van der Waals surface area contributed by atoms with Crippen LogP contribution in [0.4, 0.5) is 8.78 Å². The van der Waals surface area contributed by atoms with Gasteiger partial charge in [-0.2, -0.15) is 0 Å². The van der Waals surface area contributed by atoms with E-state index in [1.165, 1.54) is 6.07 Å². The summed E-state index contributed by atoms with van der Waals surface area (Å²) < 4.78 is 25.2. The van der Waals surface area contributed by atoms with Gasteiger partial charge in [-0.3, -0.25) is 4.79 Å². The Labute approximate surface area is 110 Å². The van der Waals surface area contributed by atoms with Crippen LogP contribution in [-0.4, -0.2) is 28.9 Å². The summed E-state index contributed by atoms with van der Waals surface area (Å²) in [6.07, 6.45) is 0.0351. The van der Waals surface area contributed by atoms with Gasteiger partial charge in [0.1, 0.15) is 5.75 Å². The van der Waals surface area contributed by atoms with Gasteiger partial charge in [0.05, 0.1) is 6.54 Å². The monoisotopic (exact) mass is 267 g/mol. The first kappa shape index (κ1) is 13.5. The molecule has 0 radical (unpaired) electrons. The van der Waals surface area contributed by atoms with Crippen molar-refractivity contribution in [3.63, 3.8) is 0 Å².